The van der Waals surface area contributed by atoms with E-state index in [1.807, 2.05) is 4.90 Å². The van der Waals surface area contributed by atoms with Crippen LogP contribution in [0, 0.1) is 0 Å². The van der Waals surface area contributed by atoms with Gasteiger partial charge in [-0.25, -0.2) is 9.59 Å². The minimum atomic E-state index is -4.56. The second-order valence-electron chi connectivity index (χ2n) is 9.25. The van der Waals surface area contributed by atoms with Crippen LogP contribution in [0.4, 0.5) is 23.7 Å². The van der Waals surface area contributed by atoms with Gasteiger partial charge in [-0.3, -0.25) is 4.90 Å². The molecule has 0 aromatic heterocycles. The number of morpholine rings is 1. The van der Waals surface area contributed by atoms with Crippen molar-refractivity contribution >= 4 is 17.7 Å². The fourth-order valence-corrected chi connectivity index (χ4v) is 3.89. The molecule has 0 saturated carbocycles. The SMILES string of the molecule is CC(C)(C)OC(=O)N1CCN(Cc2cc(N3CCOCC3C(=O)O)cc(C(F)(F)F)c2)CC1. The van der Waals surface area contributed by atoms with Crippen molar-refractivity contribution in [3.8, 4) is 0 Å². The zero-order chi connectivity index (χ0) is 24.4. The molecule has 1 atom stereocenters. The highest BCUT2D eigenvalue weighted by molar-refractivity contribution is 5.79. The number of amides is 1. The molecule has 2 fully saturated rings. The largest absolute Gasteiger partial charge is 0.480 e. The molecular formula is C22H30F3N3O5. The Bertz CT molecular complexity index is 864. The lowest BCUT2D eigenvalue weighted by atomic mass is 10.1. The number of hydrogen-bond donors (Lipinski definition) is 1. The first-order valence-electron chi connectivity index (χ1n) is 10.8. The van der Waals surface area contributed by atoms with Gasteiger partial charge in [-0.15, -0.1) is 0 Å². The lowest BCUT2D eigenvalue weighted by molar-refractivity contribution is -0.141. The lowest BCUT2D eigenvalue weighted by Gasteiger charge is -2.37. The van der Waals surface area contributed by atoms with E-state index in [-0.39, 0.29) is 32.0 Å². The van der Waals surface area contributed by atoms with Gasteiger partial charge in [0.15, 0.2) is 6.04 Å². The molecule has 0 radical (unpaired) electrons. The Balaban J connectivity index is 1.75. The van der Waals surface area contributed by atoms with E-state index in [0.717, 1.165) is 12.1 Å². The van der Waals surface area contributed by atoms with Gasteiger partial charge in [0.25, 0.3) is 0 Å². The Morgan fingerprint density at radius 3 is 2.33 bits per heavy atom. The standard InChI is InChI=1S/C22H30F3N3O5/c1-21(2,3)33-20(31)27-6-4-26(5-7-27)13-15-10-16(22(23,24)25)12-17(11-15)28-8-9-32-14-18(28)19(29)30/h10-12,18H,4-9,13-14H2,1-3H3,(H,29,30). The van der Waals surface area contributed by atoms with Crippen molar-refractivity contribution in [2.45, 2.75) is 45.1 Å². The molecule has 184 valence electrons. The number of benzene rings is 1. The van der Waals surface area contributed by atoms with E-state index in [1.54, 1.807) is 31.7 Å². The molecule has 8 nitrogen and oxygen atoms in total. The summed E-state index contributed by atoms with van der Waals surface area (Å²) in [5, 5.41) is 9.48. The molecule has 0 aliphatic carbocycles. The summed E-state index contributed by atoms with van der Waals surface area (Å²) < 4.78 is 51.4. The van der Waals surface area contributed by atoms with Crippen LogP contribution in [-0.4, -0.2) is 84.5 Å². The van der Waals surface area contributed by atoms with Crippen molar-refractivity contribution in [2.24, 2.45) is 0 Å². The highest BCUT2D eigenvalue weighted by Crippen LogP contribution is 2.34. The maximum absolute atomic E-state index is 13.6. The van der Waals surface area contributed by atoms with Gasteiger partial charge in [0.05, 0.1) is 18.8 Å². The predicted molar refractivity (Wildman–Crippen MR) is 114 cm³/mol. The van der Waals surface area contributed by atoms with E-state index >= 15 is 0 Å². The second kappa shape index (κ2) is 9.76. The van der Waals surface area contributed by atoms with Crippen LogP contribution < -0.4 is 4.90 Å². The summed E-state index contributed by atoms with van der Waals surface area (Å²) in [6.07, 6.45) is -4.97. The third-order valence-electron chi connectivity index (χ3n) is 5.48. The van der Waals surface area contributed by atoms with E-state index in [0.29, 0.717) is 31.7 Å². The number of hydrogen-bond acceptors (Lipinski definition) is 6. The minimum absolute atomic E-state index is 0.0897. The first kappa shape index (κ1) is 25.1. The summed E-state index contributed by atoms with van der Waals surface area (Å²) in [5.41, 5.74) is -0.780. The topological polar surface area (TPSA) is 82.5 Å². The smallest absolute Gasteiger partial charge is 0.416 e. The van der Waals surface area contributed by atoms with Crippen molar-refractivity contribution < 1.29 is 37.3 Å². The van der Waals surface area contributed by atoms with Crippen LogP contribution in [-0.2, 0) is 27.0 Å². The monoisotopic (exact) mass is 473 g/mol. The zero-order valence-corrected chi connectivity index (χ0v) is 19.0. The average molecular weight is 473 g/mol. The van der Waals surface area contributed by atoms with Crippen molar-refractivity contribution in [1.29, 1.82) is 0 Å². The first-order valence-corrected chi connectivity index (χ1v) is 10.8. The molecule has 2 heterocycles. The molecule has 1 unspecified atom stereocenters. The number of ether oxygens (including phenoxy) is 2. The summed E-state index contributed by atoms with van der Waals surface area (Å²) in [6.45, 7) is 7.74. The molecule has 33 heavy (non-hydrogen) atoms. The fourth-order valence-electron chi connectivity index (χ4n) is 3.89. The molecule has 0 spiro atoms. The van der Waals surface area contributed by atoms with Gasteiger partial charge in [-0.05, 0) is 44.5 Å². The highest BCUT2D eigenvalue weighted by Gasteiger charge is 2.35. The van der Waals surface area contributed by atoms with E-state index in [2.05, 4.69) is 0 Å². The summed E-state index contributed by atoms with van der Waals surface area (Å²) in [5.74, 6) is -1.15. The van der Waals surface area contributed by atoms with Crippen LogP contribution in [0.5, 0.6) is 0 Å². The number of carboxylic acid groups (broad SMARTS) is 1. The molecule has 1 aromatic carbocycles. The molecule has 0 bridgehead atoms. The van der Waals surface area contributed by atoms with Crippen LogP contribution in [0.2, 0.25) is 0 Å². The Kier molecular flexibility index (Phi) is 7.42. The number of halogens is 3. The number of carbonyl (C=O) groups is 2. The number of piperazine rings is 1. The summed E-state index contributed by atoms with van der Waals surface area (Å²) in [7, 11) is 0. The normalized spacial score (nSPS) is 20.6. The average Bonchev–Trinajstić information content (AvgIpc) is 2.72. The molecule has 3 rings (SSSR count). The van der Waals surface area contributed by atoms with Gasteiger partial charge in [0.2, 0.25) is 0 Å². The number of carboxylic acids is 1. The number of anilines is 1. The Labute approximate surface area is 190 Å². The van der Waals surface area contributed by atoms with Crippen molar-refractivity contribution in [3.05, 3.63) is 29.3 Å². The molecular weight excluding hydrogens is 443 g/mol. The number of alkyl halides is 3. The lowest BCUT2D eigenvalue weighted by Crippen LogP contribution is -2.50. The van der Waals surface area contributed by atoms with E-state index in [4.69, 9.17) is 9.47 Å². The summed E-state index contributed by atoms with van der Waals surface area (Å²) in [6, 6.07) is 2.65. The Hall–Kier alpha value is -2.53. The molecule has 2 saturated heterocycles. The van der Waals surface area contributed by atoms with Crippen molar-refractivity contribution in [3.63, 3.8) is 0 Å². The van der Waals surface area contributed by atoms with Gasteiger partial charge in [0.1, 0.15) is 5.60 Å². The van der Waals surface area contributed by atoms with Gasteiger partial charge in [-0.1, -0.05) is 0 Å². The zero-order valence-electron chi connectivity index (χ0n) is 19.0. The maximum Gasteiger partial charge on any atom is 0.416 e. The molecule has 1 N–H and O–H groups in total. The molecule has 2 aliphatic rings. The Morgan fingerprint density at radius 1 is 1.09 bits per heavy atom. The van der Waals surface area contributed by atoms with E-state index in [1.165, 1.54) is 4.90 Å². The summed E-state index contributed by atoms with van der Waals surface area (Å²) in [4.78, 5) is 28.8. The third-order valence-corrected chi connectivity index (χ3v) is 5.48. The number of carbonyl (C=O) groups excluding carboxylic acids is 1. The Morgan fingerprint density at radius 2 is 1.76 bits per heavy atom. The molecule has 2 aliphatic heterocycles. The molecule has 1 amide bonds. The number of nitrogens with zero attached hydrogens (tertiary/aromatic N) is 3. The van der Waals surface area contributed by atoms with Crippen LogP contribution in [0.3, 0.4) is 0 Å². The summed E-state index contributed by atoms with van der Waals surface area (Å²) >= 11 is 0. The van der Waals surface area contributed by atoms with Crippen LogP contribution in [0.25, 0.3) is 0 Å². The van der Waals surface area contributed by atoms with Gasteiger partial charge < -0.3 is 24.4 Å². The quantitative estimate of drug-likeness (QED) is 0.720. The van der Waals surface area contributed by atoms with Gasteiger partial charge >= 0.3 is 18.2 Å². The van der Waals surface area contributed by atoms with E-state index < -0.39 is 35.4 Å². The van der Waals surface area contributed by atoms with Crippen molar-refractivity contribution in [1.82, 2.24) is 9.80 Å². The third kappa shape index (κ3) is 6.73. The minimum Gasteiger partial charge on any atom is -0.480 e. The number of rotatable bonds is 4. The van der Waals surface area contributed by atoms with E-state index in [9.17, 15) is 27.9 Å². The van der Waals surface area contributed by atoms with Gasteiger partial charge in [0, 0.05) is 45.0 Å². The van der Waals surface area contributed by atoms with Crippen LogP contribution in [0.1, 0.15) is 31.9 Å². The van der Waals surface area contributed by atoms with Gasteiger partial charge in [-0.2, -0.15) is 13.2 Å². The molecule has 1 aromatic rings. The first-order chi connectivity index (χ1) is 15.3. The molecule has 11 heteroatoms. The van der Waals surface area contributed by atoms with Crippen LogP contribution >= 0.6 is 0 Å². The van der Waals surface area contributed by atoms with Crippen LogP contribution in [0.15, 0.2) is 18.2 Å². The predicted octanol–water partition coefficient (Wildman–Crippen LogP) is 3.05. The second-order valence-corrected chi connectivity index (χ2v) is 9.25. The fraction of sp³-hybridized carbons (Fsp3) is 0.636. The maximum atomic E-state index is 13.6. The highest BCUT2D eigenvalue weighted by atomic mass is 19.4. The number of aliphatic carboxylic acids is 1. The van der Waals surface area contributed by atoms with Crippen molar-refractivity contribution in [2.75, 3.05) is 50.8 Å².